The van der Waals surface area contributed by atoms with Crippen LogP contribution in [0.4, 0.5) is 0 Å². The van der Waals surface area contributed by atoms with Crippen LogP contribution in [0.25, 0.3) is 0 Å². The first-order chi connectivity index (χ1) is 8.16. The fraction of sp³-hybridized carbons (Fsp3) is 0.615. The van der Waals surface area contributed by atoms with Gasteiger partial charge in [-0.3, -0.25) is 4.99 Å². The van der Waals surface area contributed by atoms with Crippen molar-refractivity contribution in [1.82, 2.24) is 5.32 Å². The number of rotatable bonds is 3. The van der Waals surface area contributed by atoms with Gasteiger partial charge in [0, 0.05) is 5.75 Å². The Balaban J connectivity index is 1.98. The molecule has 2 unspecified atom stereocenters. The molecule has 94 valence electrons. The van der Waals surface area contributed by atoms with Crippen LogP contribution in [-0.2, 0) is 0 Å². The van der Waals surface area contributed by atoms with Gasteiger partial charge in [0.05, 0.1) is 12.1 Å². The van der Waals surface area contributed by atoms with E-state index >= 15 is 0 Å². The molecule has 0 bridgehead atoms. The zero-order chi connectivity index (χ0) is 12.3. The van der Waals surface area contributed by atoms with E-state index in [4.69, 9.17) is 4.99 Å². The molecule has 0 spiro atoms. The van der Waals surface area contributed by atoms with Gasteiger partial charge in [-0.15, -0.1) is 0 Å². The first-order valence-corrected chi connectivity index (χ1v) is 8.09. The van der Waals surface area contributed by atoms with E-state index in [9.17, 15) is 0 Å². The van der Waals surface area contributed by atoms with Gasteiger partial charge >= 0.3 is 0 Å². The number of hydrogen-bond acceptors (Lipinski definition) is 4. The highest BCUT2D eigenvalue weighted by molar-refractivity contribution is 8.13. The van der Waals surface area contributed by atoms with Crippen molar-refractivity contribution < 1.29 is 0 Å². The Morgan fingerprint density at radius 3 is 2.88 bits per heavy atom. The zero-order valence-electron chi connectivity index (χ0n) is 10.6. The van der Waals surface area contributed by atoms with E-state index in [2.05, 4.69) is 42.9 Å². The summed E-state index contributed by atoms with van der Waals surface area (Å²) in [5.41, 5.74) is 1.35. The molecule has 1 aliphatic heterocycles. The smallest absolute Gasteiger partial charge is 0.157 e. The van der Waals surface area contributed by atoms with Crippen molar-refractivity contribution in [3.8, 4) is 0 Å². The van der Waals surface area contributed by atoms with Crippen molar-refractivity contribution in [2.45, 2.75) is 39.3 Å². The van der Waals surface area contributed by atoms with E-state index in [1.54, 1.807) is 11.3 Å². The van der Waals surface area contributed by atoms with E-state index in [1.807, 2.05) is 11.8 Å². The van der Waals surface area contributed by atoms with Crippen LogP contribution in [0.1, 0.15) is 38.8 Å². The van der Waals surface area contributed by atoms with Crippen molar-refractivity contribution >= 4 is 28.3 Å². The molecule has 17 heavy (non-hydrogen) atoms. The Bertz CT molecular complexity index is 371. The van der Waals surface area contributed by atoms with Gasteiger partial charge in [0.15, 0.2) is 5.17 Å². The van der Waals surface area contributed by atoms with Gasteiger partial charge in [-0.1, -0.05) is 25.6 Å². The van der Waals surface area contributed by atoms with Crippen molar-refractivity contribution in [3.63, 3.8) is 0 Å². The van der Waals surface area contributed by atoms with Crippen LogP contribution in [0.2, 0.25) is 0 Å². The van der Waals surface area contributed by atoms with Gasteiger partial charge in [0.2, 0.25) is 0 Å². The molecule has 1 aromatic rings. The number of hydrogen-bond donors (Lipinski definition) is 1. The summed E-state index contributed by atoms with van der Waals surface area (Å²) in [6.45, 7) is 6.71. The average Bonchev–Trinajstić information content (AvgIpc) is 2.82. The molecule has 1 N–H and O–H groups in total. The molecule has 2 heterocycles. The summed E-state index contributed by atoms with van der Waals surface area (Å²) >= 11 is 3.60. The molecule has 1 aliphatic rings. The summed E-state index contributed by atoms with van der Waals surface area (Å²) in [6.07, 6.45) is 1.21. The predicted molar refractivity (Wildman–Crippen MR) is 79.0 cm³/mol. The molecular weight excluding hydrogens is 248 g/mol. The Labute approximate surface area is 112 Å². The van der Waals surface area contributed by atoms with E-state index in [0.717, 1.165) is 5.17 Å². The molecule has 0 aromatic carbocycles. The highest BCUT2D eigenvalue weighted by Crippen LogP contribution is 2.24. The lowest BCUT2D eigenvalue weighted by Gasteiger charge is -2.25. The standard InChI is InChI=1S/C13H20N2S2/c1-9(2)12-5-7-17-13(15-12)14-10(3)11-4-6-16-8-11/h4,6,8-10,12H,5,7H2,1-3H3,(H,14,15). The second kappa shape index (κ2) is 5.91. The Hall–Kier alpha value is -0.480. The van der Waals surface area contributed by atoms with E-state index in [1.165, 1.54) is 17.7 Å². The third-order valence-corrected chi connectivity index (χ3v) is 4.73. The van der Waals surface area contributed by atoms with Gasteiger partial charge in [-0.25, -0.2) is 0 Å². The van der Waals surface area contributed by atoms with Crippen LogP contribution < -0.4 is 5.32 Å². The summed E-state index contributed by atoms with van der Waals surface area (Å²) in [4.78, 5) is 4.80. The van der Waals surface area contributed by atoms with Crippen LogP contribution in [0, 0.1) is 5.92 Å². The molecule has 0 fully saturated rings. The maximum absolute atomic E-state index is 4.80. The van der Waals surface area contributed by atoms with Crippen LogP contribution in [0.5, 0.6) is 0 Å². The third-order valence-electron chi connectivity index (χ3n) is 3.09. The van der Waals surface area contributed by atoms with E-state index in [-0.39, 0.29) is 0 Å². The molecule has 4 heteroatoms. The largest absolute Gasteiger partial charge is 0.358 e. The van der Waals surface area contributed by atoms with Crippen LogP contribution in [0.3, 0.4) is 0 Å². The summed E-state index contributed by atoms with van der Waals surface area (Å²) < 4.78 is 0. The number of aliphatic imine (C=N–C) groups is 1. The Morgan fingerprint density at radius 2 is 2.24 bits per heavy atom. The maximum atomic E-state index is 4.80. The van der Waals surface area contributed by atoms with Gasteiger partial charge in [0.1, 0.15) is 0 Å². The van der Waals surface area contributed by atoms with Crippen molar-refractivity contribution in [1.29, 1.82) is 0 Å². The molecule has 1 aromatic heterocycles. The van der Waals surface area contributed by atoms with Crippen molar-refractivity contribution in [2.24, 2.45) is 10.9 Å². The fourth-order valence-electron chi connectivity index (χ4n) is 1.88. The monoisotopic (exact) mass is 268 g/mol. The van der Waals surface area contributed by atoms with Gasteiger partial charge in [-0.05, 0) is 41.7 Å². The lowest BCUT2D eigenvalue weighted by atomic mass is 10.0. The number of amidine groups is 1. The Kier molecular flexibility index (Phi) is 4.51. The quantitative estimate of drug-likeness (QED) is 0.898. The van der Waals surface area contributed by atoms with Crippen LogP contribution in [-0.4, -0.2) is 17.0 Å². The summed E-state index contributed by atoms with van der Waals surface area (Å²) in [5, 5.41) is 8.97. The van der Waals surface area contributed by atoms with Crippen LogP contribution in [0.15, 0.2) is 21.8 Å². The molecule has 0 saturated heterocycles. The Morgan fingerprint density at radius 1 is 1.41 bits per heavy atom. The topological polar surface area (TPSA) is 24.4 Å². The maximum Gasteiger partial charge on any atom is 0.157 e. The molecule has 2 nitrogen and oxygen atoms in total. The summed E-state index contributed by atoms with van der Waals surface area (Å²) in [5.74, 6) is 1.83. The molecule has 0 radical (unpaired) electrons. The first kappa shape index (κ1) is 13.0. The summed E-state index contributed by atoms with van der Waals surface area (Å²) in [7, 11) is 0. The highest BCUT2D eigenvalue weighted by Gasteiger charge is 2.19. The second-order valence-corrected chi connectivity index (χ2v) is 6.67. The minimum absolute atomic E-state index is 0.360. The number of nitrogens with zero attached hydrogens (tertiary/aromatic N) is 1. The SMILES string of the molecule is CC(NC1=NC(C(C)C)CCS1)c1ccsc1. The second-order valence-electron chi connectivity index (χ2n) is 4.81. The minimum atomic E-state index is 0.360. The molecule has 2 atom stereocenters. The predicted octanol–water partition coefficient (Wildman–Crippen LogP) is 3.92. The fourth-order valence-corrected chi connectivity index (χ4v) is 3.66. The van der Waals surface area contributed by atoms with Crippen LogP contribution >= 0.6 is 23.1 Å². The van der Waals surface area contributed by atoms with Crippen molar-refractivity contribution in [2.75, 3.05) is 5.75 Å². The van der Waals surface area contributed by atoms with Crippen molar-refractivity contribution in [3.05, 3.63) is 22.4 Å². The first-order valence-electron chi connectivity index (χ1n) is 6.16. The van der Waals surface area contributed by atoms with E-state index < -0.39 is 0 Å². The number of thioether (sulfide) groups is 1. The third kappa shape index (κ3) is 3.49. The molecule has 2 rings (SSSR count). The average molecular weight is 268 g/mol. The molecular formula is C13H20N2S2. The van der Waals surface area contributed by atoms with E-state index in [0.29, 0.717) is 18.0 Å². The highest BCUT2D eigenvalue weighted by atomic mass is 32.2. The summed E-state index contributed by atoms with van der Waals surface area (Å²) in [6, 6.07) is 3.03. The van der Waals surface area contributed by atoms with Gasteiger partial charge < -0.3 is 5.32 Å². The normalized spacial score (nSPS) is 22.4. The van der Waals surface area contributed by atoms with Gasteiger partial charge in [-0.2, -0.15) is 11.3 Å². The molecule has 0 amide bonds. The lowest BCUT2D eigenvalue weighted by molar-refractivity contribution is 0.482. The van der Waals surface area contributed by atoms with Gasteiger partial charge in [0.25, 0.3) is 0 Å². The lowest BCUT2D eigenvalue weighted by Crippen LogP contribution is -2.30. The number of nitrogens with one attached hydrogen (secondary N) is 1. The number of thiophene rings is 1. The molecule has 0 saturated carbocycles. The minimum Gasteiger partial charge on any atom is -0.358 e. The molecule has 0 aliphatic carbocycles. The zero-order valence-corrected chi connectivity index (χ0v) is 12.3.